The molecule has 1 saturated heterocycles. The fourth-order valence-corrected chi connectivity index (χ4v) is 4.62. The summed E-state index contributed by atoms with van der Waals surface area (Å²) in [5.74, 6) is 0.140. The monoisotopic (exact) mass is 486 g/mol. The molecule has 0 saturated carbocycles. The summed E-state index contributed by atoms with van der Waals surface area (Å²) >= 11 is 0. The molecule has 0 spiro atoms. The molecule has 1 amide bonds. The Bertz CT molecular complexity index is 1440. The van der Waals surface area contributed by atoms with Gasteiger partial charge in [0.2, 0.25) is 11.9 Å². The van der Waals surface area contributed by atoms with Gasteiger partial charge in [0.25, 0.3) is 0 Å². The Hall–Kier alpha value is -3.70. The van der Waals surface area contributed by atoms with Gasteiger partial charge in [-0.05, 0) is 52.2 Å². The van der Waals surface area contributed by atoms with Gasteiger partial charge < -0.3 is 10.6 Å². The third kappa shape index (κ3) is 3.96. The Labute approximate surface area is 198 Å². The maximum absolute atomic E-state index is 13.9. The molecular weight excluding hydrogens is 461 g/mol. The summed E-state index contributed by atoms with van der Waals surface area (Å²) in [5.41, 5.74) is 1.38. The second kappa shape index (κ2) is 8.51. The minimum Gasteiger partial charge on any atom is -0.354 e. The Morgan fingerprint density at radius 3 is 2.69 bits per heavy atom. The number of aromatic nitrogens is 6. The lowest BCUT2D eigenvalue weighted by molar-refractivity contribution is -0.136. The zero-order valence-corrected chi connectivity index (χ0v) is 19.6. The average Bonchev–Trinajstić information content (AvgIpc) is 3.30. The Morgan fingerprint density at radius 1 is 1.17 bits per heavy atom. The van der Waals surface area contributed by atoms with Crippen LogP contribution in [-0.4, -0.2) is 47.9 Å². The maximum atomic E-state index is 13.9. The number of nitrogens with one attached hydrogen (secondary N) is 2. The summed E-state index contributed by atoms with van der Waals surface area (Å²) in [7, 11) is 0. The molecule has 1 aliphatic heterocycles. The van der Waals surface area contributed by atoms with Crippen molar-refractivity contribution in [2.75, 3.05) is 11.9 Å². The van der Waals surface area contributed by atoms with Crippen LogP contribution in [0.5, 0.6) is 0 Å². The fourth-order valence-electron chi connectivity index (χ4n) is 4.62. The first-order chi connectivity index (χ1) is 16.7. The lowest BCUT2D eigenvalue weighted by atomic mass is 10.1. The summed E-state index contributed by atoms with van der Waals surface area (Å²) in [6.07, 6.45) is -2.47. The normalized spacial score (nSPS) is 17.1. The standard InChI is InChI=1S/C23H25F3N8O/c1-4-33-13(3)17(12(2)31-33)19-30-20-14-8-7-9-15(23(24,25)26)18(14)29-22(34(20)32-19)28-16-10-5-6-11-27-21(16)35/h7-9,16H,4-6,10-11H2,1-3H3,(H,27,35)(H,28,29)/t16-/m1/s1. The van der Waals surface area contributed by atoms with Gasteiger partial charge in [-0.15, -0.1) is 5.10 Å². The number of amides is 1. The van der Waals surface area contributed by atoms with Gasteiger partial charge >= 0.3 is 6.18 Å². The van der Waals surface area contributed by atoms with Crippen molar-refractivity contribution in [2.24, 2.45) is 0 Å². The number of nitrogens with zero attached hydrogens (tertiary/aromatic N) is 6. The molecule has 4 aromatic rings. The molecule has 4 heterocycles. The molecule has 184 valence electrons. The SMILES string of the molecule is CCn1nc(C)c(-c2nc3c4cccc(C(F)(F)F)c4nc(N[C@@H]4CCCCNC4=O)n3n2)c1C. The maximum Gasteiger partial charge on any atom is 0.418 e. The minimum absolute atomic E-state index is 0.0307. The summed E-state index contributed by atoms with van der Waals surface area (Å²) in [4.78, 5) is 21.5. The van der Waals surface area contributed by atoms with E-state index < -0.39 is 17.8 Å². The van der Waals surface area contributed by atoms with Gasteiger partial charge in [0, 0.05) is 24.2 Å². The second-order valence-corrected chi connectivity index (χ2v) is 8.65. The Morgan fingerprint density at radius 2 is 1.97 bits per heavy atom. The van der Waals surface area contributed by atoms with Gasteiger partial charge in [0.05, 0.1) is 22.3 Å². The van der Waals surface area contributed by atoms with Crippen molar-refractivity contribution in [3.63, 3.8) is 0 Å². The molecule has 1 atom stereocenters. The van der Waals surface area contributed by atoms with E-state index in [4.69, 9.17) is 0 Å². The molecule has 35 heavy (non-hydrogen) atoms. The van der Waals surface area contributed by atoms with Crippen molar-refractivity contribution in [1.29, 1.82) is 0 Å². The van der Waals surface area contributed by atoms with Crippen LogP contribution >= 0.6 is 0 Å². The van der Waals surface area contributed by atoms with Gasteiger partial charge in [0.1, 0.15) is 6.04 Å². The van der Waals surface area contributed by atoms with Gasteiger partial charge in [-0.3, -0.25) is 9.48 Å². The molecule has 1 aliphatic rings. The van der Waals surface area contributed by atoms with Gasteiger partial charge in [-0.2, -0.15) is 22.8 Å². The van der Waals surface area contributed by atoms with Crippen LogP contribution in [0, 0.1) is 13.8 Å². The quantitative estimate of drug-likeness (QED) is 0.454. The van der Waals surface area contributed by atoms with E-state index in [-0.39, 0.29) is 28.4 Å². The number of alkyl halides is 3. The molecule has 12 heteroatoms. The first-order valence-electron chi connectivity index (χ1n) is 11.5. The van der Waals surface area contributed by atoms with E-state index in [9.17, 15) is 18.0 Å². The smallest absolute Gasteiger partial charge is 0.354 e. The van der Waals surface area contributed by atoms with Crippen LogP contribution in [0.3, 0.4) is 0 Å². The summed E-state index contributed by atoms with van der Waals surface area (Å²) in [6.45, 7) is 6.92. The van der Waals surface area contributed by atoms with Crippen LogP contribution in [-0.2, 0) is 17.5 Å². The number of para-hydroxylation sites is 1. The molecule has 3 aromatic heterocycles. The van der Waals surface area contributed by atoms with E-state index in [2.05, 4.69) is 30.8 Å². The largest absolute Gasteiger partial charge is 0.418 e. The first kappa shape index (κ1) is 23.1. The number of hydrogen-bond acceptors (Lipinski definition) is 6. The summed E-state index contributed by atoms with van der Waals surface area (Å²) < 4.78 is 44.8. The first-order valence-corrected chi connectivity index (χ1v) is 11.5. The van der Waals surface area contributed by atoms with Crippen LogP contribution in [0.2, 0.25) is 0 Å². The Kier molecular flexibility index (Phi) is 5.60. The van der Waals surface area contributed by atoms with Crippen molar-refractivity contribution in [2.45, 2.75) is 58.8 Å². The topological polar surface area (TPSA) is 102 Å². The number of fused-ring (bicyclic) bond motifs is 3. The number of halogens is 3. The highest BCUT2D eigenvalue weighted by molar-refractivity contribution is 5.95. The molecule has 1 fully saturated rings. The molecule has 0 radical (unpaired) electrons. The van der Waals surface area contributed by atoms with Gasteiger partial charge in [-0.1, -0.05) is 6.07 Å². The zero-order chi connectivity index (χ0) is 24.9. The average molecular weight is 487 g/mol. The highest BCUT2D eigenvalue weighted by Crippen LogP contribution is 2.36. The lowest BCUT2D eigenvalue weighted by Crippen LogP contribution is -2.38. The molecule has 0 bridgehead atoms. The minimum atomic E-state index is -4.61. The van der Waals surface area contributed by atoms with Crippen LogP contribution in [0.15, 0.2) is 18.2 Å². The molecule has 0 unspecified atom stereocenters. The predicted octanol–water partition coefficient (Wildman–Crippen LogP) is 3.88. The molecule has 2 N–H and O–H groups in total. The highest BCUT2D eigenvalue weighted by atomic mass is 19.4. The van der Waals surface area contributed by atoms with E-state index in [0.717, 1.165) is 24.6 Å². The van der Waals surface area contributed by atoms with Crippen LogP contribution in [0.1, 0.15) is 43.1 Å². The molecular formula is C23H25F3N8O. The molecule has 5 rings (SSSR count). The van der Waals surface area contributed by atoms with Gasteiger partial charge in [-0.25, -0.2) is 9.97 Å². The fraction of sp³-hybridized carbons (Fsp3) is 0.435. The van der Waals surface area contributed by atoms with E-state index >= 15 is 0 Å². The van der Waals surface area contributed by atoms with E-state index in [1.165, 1.54) is 10.6 Å². The number of carbonyl (C=O) groups is 1. The Balaban J connectivity index is 1.76. The highest BCUT2D eigenvalue weighted by Gasteiger charge is 2.34. The van der Waals surface area contributed by atoms with Crippen LogP contribution < -0.4 is 10.6 Å². The van der Waals surface area contributed by atoms with E-state index in [1.54, 1.807) is 6.07 Å². The van der Waals surface area contributed by atoms with E-state index in [1.807, 2.05) is 25.5 Å². The van der Waals surface area contributed by atoms with E-state index in [0.29, 0.717) is 36.6 Å². The van der Waals surface area contributed by atoms with Crippen molar-refractivity contribution in [3.8, 4) is 11.4 Å². The third-order valence-corrected chi connectivity index (χ3v) is 6.35. The number of anilines is 1. The molecule has 0 aliphatic carbocycles. The number of benzene rings is 1. The van der Waals surface area contributed by atoms with Crippen molar-refractivity contribution in [3.05, 3.63) is 35.2 Å². The molecule has 9 nitrogen and oxygen atoms in total. The number of hydrogen-bond donors (Lipinski definition) is 2. The number of carbonyl (C=O) groups excluding carboxylic acids is 1. The zero-order valence-electron chi connectivity index (χ0n) is 19.6. The molecule has 1 aromatic carbocycles. The third-order valence-electron chi connectivity index (χ3n) is 6.35. The van der Waals surface area contributed by atoms with Crippen molar-refractivity contribution >= 4 is 28.4 Å². The predicted molar refractivity (Wildman–Crippen MR) is 124 cm³/mol. The van der Waals surface area contributed by atoms with Crippen LogP contribution in [0.25, 0.3) is 27.9 Å². The summed E-state index contributed by atoms with van der Waals surface area (Å²) in [6, 6.07) is 3.22. The number of rotatable bonds is 4. The van der Waals surface area contributed by atoms with Crippen LogP contribution in [0.4, 0.5) is 19.1 Å². The number of aryl methyl sites for hydroxylation is 2. The lowest BCUT2D eigenvalue weighted by Gasteiger charge is -2.17. The second-order valence-electron chi connectivity index (χ2n) is 8.65. The van der Waals surface area contributed by atoms with Gasteiger partial charge in [0.15, 0.2) is 11.5 Å². The summed E-state index contributed by atoms with van der Waals surface area (Å²) in [5, 5.41) is 15.2. The van der Waals surface area contributed by atoms with Crippen molar-refractivity contribution < 1.29 is 18.0 Å². The van der Waals surface area contributed by atoms with Crippen molar-refractivity contribution in [1.82, 2.24) is 34.7 Å².